The van der Waals surface area contributed by atoms with Crippen molar-refractivity contribution in [3.63, 3.8) is 0 Å². The van der Waals surface area contributed by atoms with E-state index in [1.807, 2.05) is 30.5 Å². The van der Waals surface area contributed by atoms with Gasteiger partial charge in [0.25, 0.3) is 5.91 Å². The topological polar surface area (TPSA) is 66.9 Å². The van der Waals surface area contributed by atoms with Gasteiger partial charge in [0.15, 0.2) is 0 Å². The highest BCUT2D eigenvalue weighted by Gasteiger charge is 2.40. The van der Waals surface area contributed by atoms with E-state index in [-0.39, 0.29) is 15.7 Å². The number of carbonyl (C=O) groups excluding carboxylic acids is 1. The van der Waals surface area contributed by atoms with Crippen LogP contribution in [0.1, 0.15) is 37.0 Å². The van der Waals surface area contributed by atoms with Crippen LogP contribution < -0.4 is 0 Å². The molecule has 0 atom stereocenters. The van der Waals surface area contributed by atoms with Crippen LogP contribution in [0.15, 0.2) is 29.2 Å². The van der Waals surface area contributed by atoms with Crippen molar-refractivity contribution in [2.24, 2.45) is 0 Å². The molecule has 0 unspecified atom stereocenters. The highest BCUT2D eigenvalue weighted by molar-refractivity contribution is 8.00. The minimum atomic E-state index is -3.49. The van der Waals surface area contributed by atoms with Crippen molar-refractivity contribution >= 4 is 27.7 Å². The van der Waals surface area contributed by atoms with Crippen LogP contribution >= 0.6 is 11.8 Å². The van der Waals surface area contributed by atoms with Gasteiger partial charge in [-0.1, -0.05) is 13.8 Å². The number of piperidine rings is 1. The van der Waals surface area contributed by atoms with Gasteiger partial charge in [-0.25, -0.2) is 8.42 Å². The quantitative estimate of drug-likeness (QED) is 0.762. The Labute approximate surface area is 159 Å². The SMILES string of the molecule is CCN(CC)S(=O)(=O)c1ccc(C(=O)N2CCC3(CC2)OCCS3)cc1. The van der Waals surface area contributed by atoms with Gasteiger partial charge < -0.3 is 9.64 Å². The van der Waals surface area contributed by atoms with Gasteiger partial charge in [-0.05, 0) is 24.3 Å². The second-order valence-electron chi connectivity index (χ2n) is 6.51. The summed E-state index contributed by atoms with van der Waals surface area (Å²) in [5.74, 6) is 0.978. The molecule has 2 saturated heterocycles. The standard InChI is InChI=1S/C18H26N2O4S2/c1-3-20(4-2)26(22,23)16-7-5-15(6-8-16)17(21)19-11-9-18(10-12-19)24-13-14-25-18/h5-8H,3-4,9-14H2,1-2H3. The lowest BCUT2D eigenvalue weighted by Crippen LogP contribution is -2.45. The van der Waals surface area contributed by atoms with Crippen LogP contribution in [0.25, 0.3) is 0 Å². The van der Waals surface area contributed by atoms with Crippen molar-refractivity contribution < 1.29 is 17.9 Å². The van der Waals surface area contributed by atoms with E-state index >= 15 is 0 Å². The number of likely N-dealkylation sites (tertiary alicyclic amines) is 1. The van der Waals surface area contributed by atoms with Gasteiger partial charge in [0.1, 0.15) is 4.93 Å². The zero-order chi connectivity index (χ0) is 18.8. The van der Waals surface area contributed by atoms with Crippen molar-refractivity contribution in [1.82, 2.24) is 9.21 Å². The van der Waals surface area contributed by atoms with Crippen molar-refractivity contribution in [3.8, 4) is 0 Å². The van der Waals surface area contributed by atoms with E-state index in [0.717, 1.165) is 25.2 Å². The summed E-state index contributed by atoms with van der Waals surface area (Å²) in [6.07, 6.45) is 1.69. The average molecular weight is 399 g/mol. The van der Waals surface area contributed by atoms with E-state index in [0.29, 0.717) is 31.7 Å². The number of rotatable bonds is 5. The van der Waals surface area contributed by atoms with Gasteiger partial charge in [0, 0.05) is 50.3 Å². The number of benzene rings is 1. The molecule has 1 spiro atoms. The molecule has 2 heterocycles. The molecule has 3 rings (SSSR count). The highest BCUT2D eigenvalue weighted by atomic mass is 32.2. The fraction of sp³-hybridized carbons (Fsp3) is 0.611. The highest BCUT2D eigenvalue weighted by Crippen LogP contribution is 2.41. The maximum atomic E-state index is 12.7. The Hall–Kier alpha value is -1.09. The molecule has 0 aliphatic carbocycles. The largest absolute Gasteiger partial charge is 0.363 e. The zero-order valence-electron chi connectivity index (χ0n) is 15.3. The Morgan fingerprint density at radius 3 is 2.31 bits per heavy atom. The Balaban J connectivity index is 1.68. The number of sulfonamides is 1. The maximum absolute atomic E-state index is 12.7. The Morgan fingerprint density at radius 1 is 1.19 bits per heavy atom. The number of ether oxygens (including phenoxy) is 1. The fourth-order valence-corrected chi connectivity index (χ4v) is 6.14. The Morgan fingerprint density at radius 2 is 1.81 bits per heavy atom. The zero-order valence-corrected chi connectivity index (χ0v) is 16.9. The van der Waals surface area contributed by atoms with Gasteiger partial charge in [-0.2, -0.15) is 4.31 Å². The lowest BCUT2D eigenvalue weighted by atomic mass is 10.1. The summed E-state index contributed by atoms with van der Waals surface area (Å²) in [6, 6.07) is 6.29. The van der Waals surface area contributed by atoms with Gasteiger partial charge in [0.2, 0.25) is 10.0 Å². The van der Waals surface area contributed by atoms with Crippen molar-refractivity contribution in [3.05, 3.63) is 29.8 Å². The van der Waals surface area contributed by atoms with Crippen LogP contribution in [0.3, 0.4) is 0 Å². The molecule has 8 heteroatoms. The number of carbonyl (C=O) groups is 1. The second-order valence-corrected chi connectivity index (χ2v) is 9.89. The number of thioether (sulfide) groups is 1. The van der Waals surface area contributed by atoms with E-state index in [1.54, 1.807) is 12.1 Å². The predicted octanol–water partition coefficient (Wildman–Crippen LogP) is 2.41. The summed E-state index contributed by atoms with van der Waals surface area (Å²) in [5, 5.41) is 0. The number of nitrogens with zero attached hydrogens (tertiary/aromatic N) is 2. The van der Waals surface area contributed by atoms with E-state index < -0.39 is 10.0 Å². The first-order valence-corrected chi connectivity index (χ1v) is 11.5. The molecule has 2 aliphatic heterocycles. The number of hydrogen-bond acceptors (Lipinski definition) is 5. The van der Waals surface area contributed by atoms with Gasteiger partial charge in [0.05, 0.1) is 11.5 Å². The third kappa shape index (κ3) is 3.78. The van der Waals surface area contributed by atoms with Gasteiger partial charge >= 0.3 is 0 Å². The summed E-state index contributed by atoms with van der Waals surface area (Å²) >= 11 is 1.86. The normalized spacial score (nSPS) is 20.0. The molecule has 1 amide bonds. The number of amides is 1. The van der Waals surface area contributed by atoms with Crippen LogP contribution in [-0.2, 0) is 14.8 Å². The molecular weight excluding hydrogens is 372 g/mol. The van der Waals surface area contributed by atoms with Crippen molar-refractivity contribution in [1.29, 1.82) is 0 Å². The van der Waals surface area contributed by atoms with Crippen LogP contribution in [-0.4, -0.2) is 67.0 Å². The molecule has 6 nitrogen and oxygen atoms in total. The first kappa shape index (κ1) is 19.7. The van der Waals surface area contributed by atoms with Crippen LogP contribution in [0, 0.1) is 0 Å². The number of hydrogen-bond donors (Lipinski definition) is 0. The molecule has 0 N–H and O–H groups in total. The summed E-state index contributed by atoms with van der Waals surface area (Å²) in [4.78, 5) is 14.7. The smallest absolute Gasteiger partial charge is 0.253 e. The summed E-state index contributed by atoms with van der Waals surface area (Å²) < 4.78 is 32.3. The Bertz CT molecular complexity index is 729. The van der Waals surface area contributed by atoms with Gasteiger partial charge in [-0.3, -0.25) is 4.79 Å². The van der Waals surface area contributed by atoms with E-state index in [4.69, 9.17) is 4.74 Å². The average Bonchev–Trinajstić information content (AvgIpc) is 3.11. The third-order valence-electron chi connectivity index (χ3n) is 5.07. The van der Waals surface area contributed by atoms with E-state index in [9.17, 15) is 13.2 Å². The molecule has 144 valence electrons. The molecule has 0 bridgehead atoms. The lowest BCUT2D eigenvalue weighted by molar-refractivity contribution is 0.00352. The van der Waals surface area contributed by atoms with Gasteiger partial charge in [-0.15, -0.1) is 11.8 Å². The maximum Gasteiger partial charge on any atom is 0.253 e. The first-order chi connectivity index (χ1) is 12.4. The van der Waals surface area contributed by atoms with Crippen molar-refractivity contribution in [2.45, 2.75) is 36.5 Å². The molecule has 1 aromatic rings. The fourth-order valence-electron chi connectivity index (χ4n) is 3.50. The molecule has 0 radical (unpaired) electrons. The van der Waals surface area contributed by atoms with Crippen molar-refractivity contribution in [2.75, 3.05) is 38.5 Å². The van der Waals surface area contributed by atoms with E-state index in [1.165, 1.54) is 16.4 Å². The molecule has 2 aliphatic rings. The minimum absolute atomic E-state index is 0.0466. The molecule has 26 heavy (non-hydrogen) atoms. The minimum Gasteiger partial charge on any atom is -0.363 e. The lowest BCUT2D eigenvalue weighted by Gasteiger charge is -2.37. The Kier molecular flexibility index (Phi) is 5.96. The molecule has 0 saturated carbocycles. The van der Waals surface area contributed by atoms with Crippen LogP contribution in [0.2, 0.25) is 0 Å². The monoisotopic (exact) mass is 398 g/mol. The second kappa shape index (κ2) is 7.88. The molecule has 1 aromatic carbocycles. The predicted molar refractivity (Wildman–Crippen MR) is 103 cm³/mol. The summed E-state index contributed by atoms with van der Waals surface area (Å²) in [7, 11) is -3.49. The van der Waals surface area contributed by atoms with E-state index in [2.05, 4.69) is 0 Å². The summed E-state index contributed by atoms with van der Waals surface area (Å²) in [5.41, 5.74) is 0.527. The third-order valence-corrected chi connectivity index (χ3v) is 8.56. The molecular formula is C18H26N2O4S2. The summed E-state index contributed by atoms with van der Waals surface area (Å²) in [6.45, 7) is 6.62. The van der Waals surface area contributed by atoms with Crippen LogP contribution in [0.5, 0.6) is 0 Å². The molecule has 2 fully saturated rings. The van der Waals surface area contributed by atoms with Crippen LogP contribution in [0.4, 0.5) is 0 Å². The first-order valence-electron chi connectivity index (χ1n) is 9.09. The molecule has 0 aromatic heterocycles.